The summed E-state index contributed by atoms with van der Waals surface area (Å²) in [5.74, 6) is -0.585. The van der Waals surface area contributed by atoms with Crippen molar-refractivity contribution in [3.8, 4) is 0 Å². The van der Waals surface area contributed by atoms with Crippen molar-refractivity contribution in [1.29, 1.82) is 0 Å². The number of amides is 1. The fraction of sp³-hybridized carbons (Fsp3) is 0.667. The van der Waals surface area contributed by atoms with E-state index in [0.717, 1.165) is 0 Å². The zero-order chi connectivity index (χ0) is 7.72. The Morgan fingerprint density at radius 2 is 2.20 bits per heavy atom. The lowest BCUT2D eigenvalue weighted by Gasteiger charge is -2.24. The first kappa shape index (κ1) is 7.21. The lowest BCUT2D eigenvalue weighted by atomic mass is 10.1. The number of β-amino-alcohol motifs (C(OH)–C–C–N with tert-alkyl or cyclic N) is 1. The van der Waals surface area contributed by atoms with E-state index in [0.29, 0.717) is 0 Å². The summed E-state index contributed by atoms with van der Waals surface area (Å²) in [6.45, 7) is 0.137. The van der Waals surface area contributed by atoms with Crippen LogP contribution in [0.3, 0.4) is 0 Å². The number of aliphatic hydroxyl groups is 1. The number of hydrogen-bond acceptors (Lipinski definition) is 3. The zero-order valence-corrected chi connectivity index (χ0v) is 5.70. The fourth-order valence-corrected chi connectivity index (χ4v) is 0.865. The second-order valence-electron chi connectivity index (χ2n) is 2.43. The Bertz CT molecular complexity index is 160. The number of aliphatic hydroxyl groups excluding tert-OH is 1. The van der Waals surface area contributed by atoms with Crippen molar-refractivity contribution < 1.29 is 14.7 Å². The van der Waals surface area contributed by atoms with Gasteiger partial charge in [0.2, 0.25) is 5.91 Å². The van der Waals surface area contributed by atoms with Crippen molar-refractivity contribution in [2.75, 3.05) is 13.6 Å². The predicted molar refractivity (Wildman–Crippen MR) is 33.3 cm³/mol. The van der Waals surface area contributed by atoms with Crippen LogP contribution in [-0.2, 0) is 9.59 Å². The van der Waals surface area contributed by atoms with Crippen LogP contribution < -0.4 is 0 Å². The lowest BCUT2D eigenvalue weighted by molar-refractivity contribution is -0.144. The van der Waals surface area contributed by atoms with E-state index in [9.17, 15) is 9.59 Å². The Balaban J connectivity index is 2.63. The van der Waals surface area contributed by atoms with Crippen molar-refractivity contribution in [3.05, 3.63) is 0 Å². The SMILES string of the molecule is CN1CC(O)C(=O)CC1=O. The molecule has 0 aliphatic carbocycles. The second kappa shape index (κ2) is 2.38. The van der Waals surface area contributed by atoms with Crippen LogP contribution in [0.2, 0.25) is 0 Å². The molecule has 1 aliphatic rings. The van der Waals surface area contributed by atoms with Crippen molar-refractivity contribution >= 4 is 11.7 Å². The van der Waals surface area contributed by atoms with E-state index in [4.69, 9.17) is 5.11 Å². The first-order valence-electron chi connectivity index (χ1n) is 3.06. The number of nitrogens with zero attached hydrogens (tertiary/aromatic N) is 1. The van der Waals surface area contributed by atoms with Gasteiger partial charge in [-0.25, -0.2) is 0 Å². The molecule has 1 rings (SSSR count). The number of carbonyl (C=O) groups excluding carboxylic acids is 2. The van der Waals surface area contributed by atoms with Gasteiger partial charge in [0.25, 0.3) is 0 Å². The molecule has 1 amide bonds. The normalized spacial score (nSPS) is 27.4. The summed E-state index contributed by atoms with van der Waals surface area (Å²) in [5.41, 5.74) is 0. The summed E-state index contributed by atoms with van der Waals surface area (Å²) >= 11 is 0. The van der Waals surface area contributed by atoms with Crippen LogP contribution in [0.25, 0.3) is 0 Å². The van der Waals surface area contributed by atoms with Crippen molar-refractivity contribution in [2.45, 2.75) is 12.5 Å². The molecule has 10 heavy (non-hydrogen) atoms. The van der Waals surface area contributed by atoms with Crippen molar-refractivity contribution in [2.24, 2.45) is 0 Å². The molecule has 0 aromatic carbocycles. The van der Waals surface area contributed by atoms with Gasteiger partial charge in [-0.15, -0.1) is 0 Å². The molecule has 1 heterocycles. The molecule has 1 aliphatic heterocycles. The highest BCUT2D eigenvalue weighted by atomic mass is 16.3. The van der Waals surface area contributed by atoms with E-state index in [1.165, 1.54) is 4.90 Å². The first-order valence-corrected chi connectivity index (χ1v) is 3.06. The smallest absolute Gasteiger partial charge is 0.229 e. The minimum atomic E-state index is -0.970. The third kappa shape index (κ3) is 1.16. The predicted octanol–water partition coefficient (Wildman–Crippen LogP) is -1.22. The molecule has 0 saturated carbocycles. The molecule has 4 heteroatoms. The second-order valence-corrected chi connectivity index (χ2v) is 2.43. The molecule has 0 bridgehead atoms. The number of Topliss-reactive ketones (excluding diaryl/α,β-unsaturated/α-hetero) is 1. The van der Waals surface area contributed by atoms with Crippen LogP contribution >= 0.6 is 0 Å². The monoisotopic (exact) mass is 143 g/mol. The summed E-state index contributed by atoms with van der Waals surface area (Å²) in [7, 11) is 1.57. The molecule has 0 radical (unpaired) electrons. The summed E-state index contributed by atoms with van der Waals surface area (Å²) in [4.78, 5) is 22.7. The Kier molecular flexibility index (Phi) is 1.72. The van der Waals surface area contributed by atoms with Gasteiger partial charge in [-0.3, -0.25) is 9.59 Å². The molecule has 0 aromatic rings. The summed E-state index contributed by atoms with van der Waals surface area (Å²) in [5, 5.41) is 8.92. The highest BCUT2D eigenvalue weighted by Gasteiger charge is 2.28. The molecule has 1 unspecified atom stereocenters. The maximum atomic E-state index is 10.7. The minimum Gasteiger partial charge on any atom is -0.383 e. The van der Waals surface area contributed by atoms with Gasteiger partial charge in [-0.1, -0.05) is 0 Å². The first-order chi connectivity index (χ1) is 4.61. The number of piperidine rings is 1. The van der Waals surface area contributed by atoms with E-state index in [1.54, 1.807) is 7.05 Å². The van der Waals surface area contributed by atoms with Gasteiger partial charge in [0.15, 0.2) is 5.78 Å². The molecular weight excluding hydrogens is 134 g/mol. The maximum Gasteiger partial charge on any atom is 0.229 e. The largest absolute Gasteiger partial charge is 0.383 e. The Morgan fingerprint density at radius 1 is 1.60 bits per heavy atom. The minimum absolute atomic E-state index is 0.137. The van der Waals surface area contributed by atoms with Crippen LogP contribution in [0.4, 0.5) is 0 Å². The number of hydrogen-bond donors (Lipinski definition) is 1. The molecule has 56 valence electrons. The zero-order valence-electron chi connectivity index (χ0n) is 5.70. The average molecular weight is 143 g/mol. The number of ketones is 1. The van der Waals surface area contributed by atoms with E-state index in [-0.39, 0.29) is 24.7 Å². The summed E-state index contributed by atoms with van der Waals surface area (Å²) < 4.78 is 0. The molecule has 1 saturated heterocycles. The van der Waals surface area contributed by atoms with Gasteiger partial charge in [-0.05, 0) is 0 Å². The van der Waals surface area contributed by atoms with Crippen LogP contribution in [0.1, 0.15) is 6.42 Å². The van der Waals surface area contributed by atoms with Gasteiger partial charge >= 0.3 is 0 Å². The molecule has 4 nitrogen and oxygen atoms in total. The van der Waals surface area contributed by atoms with E-state index < -0.39 is 6.10 Å². The van der Waals surface area contributed by atoms with Gasteiger partial charge in [0, 0.05) is 7.05 Å². The van der Waals surface area contributed by atoms with E-state index in [1.807, 2.05) is 0 Å². The number of carbonyl (C=O) groups is 2. The van der Waals surface area contributed by atoms with Gasteiger partial charge in [0.05, 0.1) is 13.0 Å². The van der Waals surface area contributed by atoms with Crippen LogP contribution in [0.5, 0.6) is 0 Å². The molecule has 1 N–H and O–H groups in total. The van der Waals surface area contributed by atoms with Crippen molar-refractivity contribution in [1.82, 2.24) is 4.90 Å². The number of likely N-dealkylation sites (N-methyl/N-ethyl adjacent to an activating group) is 1. The Labute approximate surface area is 58.4 Å². The summed E-state index contributed by atoms with van der Waals surface area (Å²) in [6.07, 6.45) is -1.12. The average Bonchev–Trinajstić information content (AvgIpc) is 1.84. The third-order valence-corrected chi connectivity index (χ3v) is 1.57. The molecule has 0 spiro atoms. The third-order valence-electron chi connectivity index (χ3n) is 1.57. The van der Waals surface area contributed by atoms with Crippen LogP contribution in [-0.4, -0.2) is 41.4 Å². The Hall–Kier alpha value is -0.900. The summed E-state index contributed by atoms with van der Waals surface area (Å²) in [6, 6.07) is 0. The standard InChI is InChI=1S/C6H9NO3/c1-7-3-5(9)4(8)2-6(7)10/h5,9H,2-3H2,1H3. The molecule has 1 fully saturated rings. The highest BCUT2D eigenvalue weighted by molar-refractivity contribution is 6.02. The molecule has 0 aromatic heterocycles. The Morgan fingerprint density at radius 3 is 2.70 bits per heavy atom. The van der Waals surface area contributed by atoms with E-state index in [2.05, 4.69) is 0 Å². The topological polar surface area (TPSA) is 57.6 Å². The maximum absolute atomic E-state index is 10.7. The number of likely N-dealkylation sites (tertiary alicyclic amines) is 1. The molecular formula is C6H9NO3. The van der Waals surface area contributed by atoms with Crippen molar-refractivity contribution in [3.63, 3.8) is 0 Å². The quantitative estimate of drug-likeness (QED) is 0.432. The van der Waals surface area contributed by atoms with Crippen LogP contribution in [0.15, 0.2) is 0 Å². The van der Waals surface area contributed by atoms with Gasteiger partial charge in [-0.2, -0.15) is 0 Å². The van der Waals surface area contributed by atoms with Crippen LogP contribution in [0, 0.1) is 0 Å². The fourth-order valence-electron chi connectivity index (χ4n) is 0.865. The van der Waals surface area contributed by atoms with Gasteiger partial charge < -0.3 is 10.0 Å². The molecule has 1 atom stereocenters. The number of rotatable bonds is 0. The highest BCUT2D eigenvalue weighted by Crippen LogP contribution is 2.04. The van der Waals surface area contributed by atoms with E-state index >= 15 is 0 Å². The van der Waals surface area contributed by atoms with Gasteiger partial charge in [0.1, 0.15) is 6.10 Å². The lowest BCUT2D eigenvalue weighted by Crippen LogP contribution is -2.45.